The second kappa shape index (κ2) is 6.91. The van der Waals surface area contributed by atoms with Crippen molar-refractivity contribution >= 4 is 11.6 Å². The molecule has 0 aliphatic carbocycles. The fourth-order valence-corrected chi connectivity index (χ4v) is 3.49. The molecule has 3 nitrogen and oxygen atoms in total. The summed E-state index contributed by atoms with van der Waals surface area (Å²) in [6.45, 7) is 12.1. The molecule has 1 fully saturated rings. The van der Waals surface area contributed by atoms with Gasteiger partial charge in [0.25, 0.3) is 5.91 Å². The molecular formula is C22H28N2O. The molecule has 0 aromatic heterocycles. The van der Waals surface area contributed by atoms with E-state index in [1.54, 1.807) is 0 Å². The van der Waals surface area contributed by atoms with Crippen molar-refractivity contribution < 1.29 is 4.79 Å². The Labute approximate surface area is 151 Å². The normalized spacial score (nSPS) is 15.4. The van der Waals surface area contributed by atoms with Crippen LogP contribution in [0.5, 0.6) is 0 Å². The van der Waals surface area contributed by atoms with Crippen LogP contribution in [-0.4, -0.2) is 37.0 Å². The summed E-state index contributed by atoms with van der Waals surface area (Å²) < 4.78 is 0. The van der Waals surface area contributed by atoms with Gasteiger partial charge in [-0.1, -0.05) is 56.7 Å². The van der Waals surface area contributed by atoms with Gasteiger partial charge in [-0.15, -0.1) is 0 Å². The van der Waals surface area contributed by atoms with Gasteiger partial charge >= 0.3 is 0 Å². The smallest absolute Gasteiger partial charge is 0.253 e. The Bertz CT molecular complexity index is 753. The highest BCUT2D eigenvalue weighted by molar-refractivity contribution is 5.94. The van der Waals surface area contributed by atoms with E-state index in [9.17, 15) is 4.79 Å². The molecular weight excluding hydrogens is 308 g/mol. The van der Waals surface area contributed by atoms with Crippen molar-refractivity contribution in [2.24, 2.45) is 0 Å². The zero-order chi connectivity index (χ0) is 18.0. The van der Waals surface area contributed by atoms with E-state index >= 15 is 0 Å². The second-order valence-corrected chi connectivity index (χ2v) is 7.92. The summed E-state index contributed by atoms with van der Waals surface area (Å²) >= 11 is 0. The monoisotopic (exact) mass is 336 g/mol. The number of carbonyl (C=O) groups is 1. The molecule has 0 bridgehead atoms. The van der Waals surface area contributed by atoms with Crippen LogP contribution in [0.1, 0.15) is 42.3 Å². The first-order chi connectivity index (χ1) is 11.9. The van der Waals surface area contributed by atoms with Gasteiger partial charge in [0, 0.05) is 37.4 Å². The SMILES string of the molecule is Cc1cccc(C(=O)N2CCN(c3ccccc3C(C)(C)C)CC2)c1. The highest BCUT2D eigenvalue weighted by Crippen LogP contribution is 2.32. The van der Waals surface area contributed by atoms with Crippen LogP contribution in [-0.2, 0) is 5.41 Å². The molecule has 132 valence electrons. The van der Waals surface area contributed by atoms with Crippen LogP contribution in [0.3, 0.4) is 0 Å². The first-order valence-corrected chi connectivity index (χ1v) is 9.06. The fraction of sp³-hybridized carbons (Fsp3) is 0.409. The number of nitrogens with zero attached hydrogens (tertiary/aromatic N) is 2. The van der Waals surface area contributed by atoms with Crippen LogP contribution in [0.25, 0.3) is 0 Å². The molecule has 0 saturated carbocycles. The van der Waals surface area contributed by atoms with Crippen molar-refractivity contribution in [1.29, 1.82) is 0 Å². The lowest BCUT2D eigenvalue weighted by molar-refractivity contribution is 0.0746. The molecule has 2 aromatic carbocycles. The summed E-state index contributed by atoms with van der Waals surface area (Å²) in [5.74, 6) is 0.146. The molecule has 0 atom stereocenters. The Morgan fingerprint density at radius 2 is 1.60 bits per heavy atom. The number of piperazine rings is 1. The molecule has 2 aromatic rings. The molecule has 1 aliphatic rings. The Hall–Kier alpha value is -2.29. The Balaban J connectivity index is 1.72. The Kier molecular flexibility index (Phi) is 4.85. The number of carbonyl (C=O) groups excluding carboxylic acids is 1. The molecule has 0 spiro atoms. The zero-order valence-electron chi connectivity index (χ0n) is 15.7. The average molecular weight is 336 g/mol. The van der Waals surface area contributed by atoms with E-state index in [0.29, 0.717) is 0 Å². The van der Waals surface area contributed by atoms with E-state index in [1.165, 1.54) is 11.3 Å². The van der Waals surface area contributed by atoms with Crippen LogP contribution >= 0.6 is 0 Å². The maximum absolute atomic E-state index is 12.7. The molecule has 0 N–H and O–H groups in total. The lowest BCUT2D eigenvalue weighted by Gasteiger charge is -2.38. The number of aryl methyl sites for hydroxylation is 1. The molecule has 0 radical (unpaired) electrons. The third-order valence-corrected chi connectivity index (χ3v) is 4.88. The number of anilines is 1. The number of rotatable bonds is 2. The summed E-state index contributed by atoms with van der Waals surface area (Å²) in [4.78, 5) is 17.1. The number of amides is 1. The maximum Gasteiger partial charge on any atom is 0.253 e. The number of benzene rings is 2. The van der Waals surface area contributed by atoms with Gasteiger partial charge in [-0.25, -0.2) is 0 Å². The molecule has 1 aliphatic heterocycles. The van der Waals surface area contributed by atoms with Crippen LogP contribution in [0, 0.1) is 6.92 Å². The summed E-state index contributed by atoms with van der Waals surface area (Å²) in [5.41, 5.74) is 4.71. The van der Waals surface area contributed by atoms with E-state index in [0.717, 1.165) is 37.3 Å². The van der Waals surface area contributed by atoms with E-state index in [4.69, 9.17) is 0 Å². The van der Waals surface area contributed by atoms with Gasteiger partial charge < -0.3 is 9.80 Å². The van der Waals surface area contributed by atoms with E-state index in [1.807, 2.05) is 36.1 Å². The first kappa shape index (κ1) is 17.5. The number of hydrogen-bond donors (Lipinski definition) is 0. The van der Waals surface area contributed by atoms with Crippen LogP contribution in [0.4, 0.5) is 5.69 Å². The van der Waals surface area contributed by atoms with Crippen molar-refractivity contribution in [2.45, 2.75) is 33.1 Å². The van der Waals surface area contributed by atoms with Crippen LogP contribution in [0.2, 0.25) is 0 Å². The lowest BCUT2D eigenvalue weighted by Crippen LogP contribution is -2.49. The zero-order valence-corrected chi connectivity index (χ0v) is 15.7. The Morgan fingerprint density at radius 3 is 2.24 bits per heavy atom. The maximum atomic E-state index is 12.7. The third-order valence-electron chi connectivity index (χ3n) is 4.88. The largest absolute Gasteiger partial charge is 0.368 e. The fourth-order valence-electron chi connectivity index (χ4n) is 3.49. The Morgan fingerprint density at radius 1 is 0.920 bits per heavy atom. The molecule has 1 saturated heterocycles. The molecule has 1 heterocycles. The minimum Gasteiger partial charge on any atom is -0.368 e. The quantitative estimate of drug-likeness (QED) is 0.818. The lowest BCUT2D eigenvalue weighted by atomic mass is 9.85. The van der Waals surface area contributed by atoms with Gasteiger partial charge in [0.1, 0.15) is 0 Å². The van der Waals surface area contributed by atoms with Crippen molar-refractivity contribution in [2.75, 3.05) is 31.1 Å². The summed E-state index contributed by atoms with van der Waals surface area (Å²) in [7, 11) is 0. The van der Waals surface area contributed by atoms with Gasteiger partial charge in [-0.2, -0.15) is 0 Å². The third kappa shape index (κ3) is 3.87. The molecule has 0 unspecified atom stereocenters. The average Bonchev–Trinajstić information content (AvgIpc) is 2.60. The van der Waals surface area contributed by atoms with Crippen molar-refractivity contribution in [3.63, 3.8) is 0 Å². The second-order valence-electron chi connectivity index (χ2n) is 7.92. The van der Waals surface area contributed by atoms with Gasteiger partial charge in [-0.3, -0.25) is 4.79 Å². The van der Waals surface area contributed by atoms with E-state index in [-0.39, 0.29) is 11.3 Å². The van der Waals surface area contributed by atoms with Crippen LogP contribution in [0.15, 0.2) is 48.5 Å². The standard InChI is InChI=1S/C22H28N2O/c1-17-8-7-9-18(16-17)21(25)24-14-12-23(13-15-24)20-11-6-5-10-19(20)22(2,3)4/h5-11,16H,12-15H2,1-4H3. The van der Waals surface area contributed by atoms with Gasteiger partial charge in [0.2, 0.25) is 0 Å². The first-order valence-electron chi connectivity index (χ1n) is 9.06. The molecule has 3 rings (SSSR count). The van der Waals surface area contributed by atoms with E-state index in [2.05, 4.69) is 49.9 Å². The van der Waals surface area contributed by atoms with Crippen molar-refractivity contribution in [1.82, 2.24) is 4.90 Å². The molecule has 25 heavy (non-hydrogen) atoms. The molecule has 1 amide bonds. The topological polar surface area (TPSA) is 23.6 Å². The minimum absolute atomic E-state index is 0.116. The van der Waals surface area contributed by atoms with Crippen molar-refractivity contribution in [3.05, 3.63) is 65.2 Å². The number of para-hydroxylation sites is 1. The predicted octanol–water partition coefficient (Wildman–Crippen LogP) is 4.25. The van der Waals surface area contributed by atoms with Gasteiger partial charge in [0.05, 0.1) is 0 Å². The number of hydrogen-bond acceptors (Lipinski definition) is 2. The minimum atomic E-state index is 0.116. The summed E-state index contributed by atoms with van der Waals surface area (Å²) in [5, 5.41) is 0. The highest BCUT2D eigenvalue weighted by atomic mass is 16.2. The summed E-state index contributed by atoms with van der Waals surface area (Å²) in [6.07, 6.45) is 0. The molecule has 3 heteroatoms. The predicted molar refractivity (Wildman–Crippen MR) is 104 cm³/mol. The van der Waals surface area contributed by atoms with Gasteiger partial charge in [0.15, 0.2) is 0 Å². The van der Waals surface area contributed by atoms with Gasteiger partial charge in [-0.05, 0) is 36.1 Å². The highest BCUT2D eigenvalue weighted by Gasteiger charge is 2.26. The summed E-state index contributed by atoms with van der Waals surface area (Å²) in [6, 6.07) is 16.5. The van der Waals surface area contributed by atoms with Crippen LogP contribution < -0.4 is 4.90 Å². The van der Waals surface area contributed by atoms with Crippen molar-refractivity contribution in [3.8, 4) is 0 Å². The van der Waals surface area contributed by atoms with E-state index < -0.39 is 0 Å².